The highest BCUT2D eigenvalue weighted by molar-refractivity contribution is 7.86. The predicted molar refractivity (Wildman–Crippen MR) is 111 cm³/mol. The number of aliphatic hydroxyl groups is 1. The first-order valence-electron chi connectivity index (χ1n) is 11.2. The zero-order valence-corrected chi connectivity index (χ0v) is 18.5. The van der Waals surface area contributed by atoms with Crippen molar-refractivity contribution in [3.8, 4) is 0 Å². The molecule has 162 valence electrons. The summed E-state index contributed by atoms with van der Waals surface area (Å²) in [5, 5.41) is 8.91. The van der Waals surface area contributed by atoms with Gasteiger partial charge in [-0.25, -0.2) is 8.42 Å². The summed E-state index contributed by atoms with van der Waals surface area (Å²) in [5.74, 6) is 0. The fourth-order valence-corrected chi connectivity index (χ4v) is 5.00. The second-order valence-corrected chi connectivity index (χ2v) is 10.5. The highest BCUT2D eigenvalue weighted by atomic mass is 32.2. The zero-order valence-electron chi connectivity index (χ0n) is 17.7. The normalized spacial score (nSPS) is 24.8. The molecule has 0 aliphatic carbocycles. The minimum Gasteiger partial charge on any atom is -0.748 e. The van der Waals surface area contributed by atoms with Gasteiger partial charge < -0.3 is 14.1 Å². The quantitative estimate of drug-likeness (QED) is 0.252. The summed E-state index contributed by atoms with van der Waals surface area (Å²) in [7, 11) is -2.11. The fourth-order valence-electron chi connectivity index (χ4n) is 4.15. The molecule has 1 heterocycles. The van der Waals surface area contributed by atoms with E-state index in [9.17, 15) is 18.1 Å². The number of unbranched alkanes of at least 4 members (excludes halogenated alkanes) is 9. The van der Waals surface area contributed by atoms with E-state index in [1.54, 1.807) is 0 Å². The van der Waals surface area contributed by atoms with Gasteiger partial charge in [0.05, 0.1) is 48.2 Å². The van der Waals surface area contributed by atoms with Crippen LogP contribution in [0.15, 0.2) is 0 Å². The molecule has 0 aromatic heterocycles. The number of nitrogens with zero attached hydrogens (tertiary/aromatic N) is 1. The number of likely N-dealkylation sites (tertiary alicyclic amines) is 1. The van der Waals surface area contributed by atoms with E-state index in [1.165, 1.54) is 44.9 Å². The van der Waals surface area contributed by atoms with Gasteiger partial charge in [0.1, 0.15) is 0 Å². The van der Waals surface area contributed by atoms with Gasteiger partial charge in [0, 0.05) is 19.3 Å². The number of hydrogen-bond donors (Lipinski definition) is 1. The molecule has 0 amide bonds. The Labute approximate surface area is 167 Å². The van der Waals surface area contributed by atoms with Gasteiger partial charge in [-0.05, 0) is 6.42 Å². The van der Waals surface area contributed by atoms with Crippen LogP contribution in [0.4, 0.5) is 0 Å². The summed E-state index contributed by atoms with van der Waals surface area (Å²) in [5.41, 5.74) is 0. The van der Waals surface area contributed by atoms with Crippen molar-refractivity contribution in [3.05, 3.63) is 0 Å². The number of rotatable bonds is 15. The molecule has 0 aromatic rings. The van der Waals surface area contributed by atoms with Crippen LogP contribution in [0, 0.1) is 0 Å². The SMILES string of the molecule is CCCCCCCCCCCCC(CC[N+]1(C)CCC(O)CC1)S(=O)(=O)[O-]. The van der Waals surface area contributed by atoms with Crippen molar-refractivity contribution in [1.29, 1.82) is 0 Å². The maximum atomic E-state index is 11.6. The van der Waals surface area contributed by atoms with Crippen LogP contribution in [-0.2, 0) is 10.1 Å². The average molecular weight is 406 g/mol. The molecule has 0 bridgehead atoms. The van der Waals surface area contributed by atoms with E-state index >= 15 is 0 Å². The summed E-state index contributed by atoms with van der Waals surface area (Å²) in [6.07, 6.45) is 14.4. The maximum absolute atomic E-state index is 11.6. The van der Waals surface area contributed by atoms with Crippen molar-refractivity contribution in [1.82, 2.24) is 0 Å². The molecule has 1 N–H and O–H groups in total. The van der Waals surface area contributed by atoms with Crippen LogP contribution in [0.2, 0.25) is 0 Å². The van der Waals surface area contributed by atoms with Crippen molar-refractivity contribution >= 4 is 10.1 Å². The molecular formula is C21H43NO4S. The topological polar surface area (TPSA) is 77.4 Å². The highest BCUT2D eigenvalue weighted by Gasteiger charge is 2.30. The Kier molecular flexibility index (Phi) is 12.1. The Bertz CT molecular complexity index is 473. The monoisotopic (exact) mass is 405 g/mol. The molecule has 0 spiro atoms. The smallest absolute Gasteiger partial charge is 0.0977 e. The first kappa shape index (κ1) is 24.9. The predicted octanol–water partition coefficient (Wildman–Crippen LogP) is 4.20. The van der Waals surface area contributed by atoms with Crippen molar-refractivity contribution < 1.29 is 22.6 Å². The molecule has 0 radical (unpaired) electrons. The van der Waals surface area contributed by atoms with E-state index in [0.29, 0.717) is 12.8 Å². The molecule has 0 aromatic carbocycles. The summed E-state index contributed by atoms with van der Waals surface area (Å²) < 4.78 is 35.7. The van der Waals surface area contributed by atoms with Gasteiger partial charge in [0.25, 0.3) is 0 Å². The van der Waals surface area contributed by atoms with Crippen LogP contribution in [0.1, 0.15) is 96.8 Å². The van der Waals surface area contributed by atoms with E-state index in [4.69, 9.17) is 0 Å². The summed E-state index contributed by atoms with van der Waals surface area (Å²) >= 11 is 0. The fraction of sp³-hybridized carbons (Fsp3) is 1.00. The molecule has 1 atom stereocenters. The van der Waals surface area contributed by atoms with E-state index in [-0.39, 0.29) is 6.10 Å². The largest absolute Gasteiger partial charge is 0.748 e. The number of piperidine rings is 1. The Morgan fingerprint density at radius 3 is 1.89 bits per heavy atom. The van der Waals surface area contributed by atoms with Crippen LogP contribution in [0.3, 0.4) is 0 Å². The third-order valence-electron chi connectivity index (χ3n) is 6.28. The van der Waals surface area contributed by atoms with Gasteiger partial charge in [-0.1, -0.05) is 71.1 Å². The van der Waals surface area contributed by atoms with Gasteiger partial charge in [-0.2, -0.15) is 0 Å². The molecule has 5 nitrogen and oxygen atoms in total. The highest BCUT2D eigenvalue weighted by Crippen LogP contribution is 2.21. The molecule has 6 heteroatoms. The lowest BCUT2D eigenvalue weighted by Gasteiger charge is -2.40. The van der Waals surface area contributed by atoms with Crippen LogP contribution < -0.4 is 0 Å². The lowest BCUT2D eigenvalue weighted by Crippen LogP contribution is -2.52. The van der Waals surface area contributed by atoms with E-state index in [2.05, 4.69) is 14.0 Å². The van der Waals surface area contributed by atoms with Gasteiger partial charge >= 0.3 is 0 Å². The van der Waals surface area contributed by atoms with E-state index < -0.39 is 15.4 Å². The molecule has 1 aliphatic rings. The number of quaternary nitrogens is 1. The summed E-state index contributed by atoms with van der Waals surface area (Å²) in [4.78, 5) is 0. The Balaban J connectivity index is 2.20. The number of hydrogen-bond acceptors (Lipinski definition) is 4. The molecule has 1 unspecified atom stereocenters. The van der Waals surface area contributed by atoms with Crippen LogP contribution in [-0.4, -0.2) is 60.6 Å². The zero-order chi connectivity index (χ0) is 20.2. The van der Waals surface area contributed by atoms with Crippen LogP contribution in [0.5, 0.6) is 0 Å². The summed E-state index contributed by atoms with van der Waals surface area (Å²) in [6, 6.07) is 0. The summed E-state index contributed by atoms with van der Waals surface area (Å²) in [6.45, 7) is 4.68. The molecule has 1 saturated heterocycles. The first-order valence-corrected chi connectivity index (χ1v) is 12.7. The van der Waals surface area contributed by atoms with E-state index in [1.807, 2.05) is 0 Å². The van der Waals surface area contributed by atoms with Crippen molar-refractivity contribution in [2.45, 2.75) is 108 Å². The molecular weight excluding hydrogens is 362 g/mol. The second-order valence-electron chi connectivity index (χ2n) is 8.90. The van der Waals surface area contributed by atoms with Crippen LogP contribution in [0.25, 0.3) is 0 Å². The lowest BCUT2D eigenvalue weighted by atomic mass is 10.0. The maximum Gasteiger partial charge on any atom is 0.0977 e. The number of aliphatic hydroxyl groups excluding tert-OH is 1. The molecule has 0 saturated carbocycles. The minimum absolute atomic E-state index is 0.220. The minimum atomic E-state index is -4.22. The van der Waals surface area contributed by atoms with Gasteiger partial charge in [-0.15, -0.1) is 0 Å². The van der Waals surface area contributed by atoms with Crippen molar-refractivity contribution in [2.24, 2.45) is 0 Å². The van der Waals surface area contributed by atoms with Gasteiger partial charge in [0.2, 0.25) is 0 Å². The third-order valence-corrected chi connectivity index (χ3v) is 7.57. The van der Waals surface area contributed by atoms with Gasteiger partial charge in [0.15, 0.2) is 0 Å². The average Bonchev–Trinajstić information content (AvgIpc) is 2.61. The van der Waals surface area contributed by atoms with Gasteiger partial charge in [-0.3, -0.25) is 0 Å². The molecule has 1 rings (SSSR count). The Morgan fingerprint density at radius 1 is 0.926 bits per heavy atom. The molecule has 1 fully saturated rings. The van der Waals surface area contributed by atoms with Crippen molar-refractivity contribution in [2.75, 3.05) is 26.7 Å². The molecule has 1 aliphatic heterocycles. The van der Waals surface area contributed by atoms with Crippen LogP contribution >= 0.6 is 0 Å². The third kappa shape index (κ3) is 11.4. The van der Waals surface area contributed by atoms with E-state index in [0.717, 1.165) is 56.2 Å². The lowest BCUT2D eigenvalue weighted by molar-refractivity contribution is -0.915. The molecule has 27 heavy (non-hydrogen) atoms. The Hall–Kier alpha value is -0.170. The Morgan fingerprint density at radius 2 is 1.41 bits per heavy atom. The standard InChI is InChI=1S/C21H43NO4S/c1-3-4-5-6-7-8-9-10-11-12-13-21(27(24,25)26)16-19-22(2)17-14-20(23)15-18-22/h20-21,23H,3-19H2,1-2H3. The second kappa shape index (κ2) is 13.1. The first-order chi connectivity index (χ1) is 12.8. The van der Waals surface area contributed by atoms with Crippen molar-refractivity contribution in [3.63, 3.8) is 0 Å².